The summed E-state index contributed by atoms with van der Waals surface area (Å²) in [6.07, 6.45) is 60.2. The molecule has 0 aliphatic heterocycles. The van der Waals surface area contributed by atoms with Gasteiger partial charge in [-0.3, -0.25) is 0 Å². The Morgan fingerprint density at radius 1 is 0.304 bits per heavy atom. The van der Waals surface area contributed by atoms with E-state index in [0.717, 1.165) is 224 Å². The summed E-state index contributed by atoms with van der Waals surface area (Å²) in [7, 11) is 5.10. The lowest BCUT2D eigenvalue weighted by Crippen LogP contribution is -2.48. The Bertz CT molecular complexity index is 3880. The normalized spacial score (nSPS) is 49.0. The van der Waals surface area contributed by atoms with Gasteiger partial charge in [-0.1, -0.05) is 174 Å². The lowest BCUT2D eigenvalue weighted by molar-refractivity contribution is -0.0677. The highest BCUT2D eigenvalue weighted by atomic mass is 79.9. The number of fused-ring (bicyclic) bond motifs is 25. The average molecular weight is 1850 g/mol. The zero-order valence-corrected chi connectivity index (χ0v) is 83.4. The van der Waals surface area contributed by atoms with Crippen molar-refractivity contribution in [2.24, 2.45) is 175 Å². The minimum Gasteiger partial charge on any atom is -0.392 e. The number of aliphatic hydroxyl groups is 7. The molecule has 0 unspecified atom stereocenters. The number of methoxy groups -OCH3 is 3. The summed E-state index contributed by atoms with van der Waals surface area (Å²) in [5, 5.41) is 74.6. The molecule has 20 aliphatic carbocycles. The summed E-state index contributed by atoms with van der Waals surface area (Å²) in [6, 6.07) is 0. The van der Waals surface area contributed by atoms with Crippen LogP contribution in [-0.4, -0.2) is 129 Å². The first-order valence-electron chi connectivity index (χ1n) is 51.7. The Kier molecular flexibility index (Phi) is 28.9. The quantitative estimate of drug-likeness (QED) is 0.0619. The van der Waals surface area contributed by atoms with Gasteiger partial charge in [-0.25, -0.2) is 0 Å². The van der Waals surface area contributed by atoms with Crippen molar-refractivity contribution in [2.45, 2.75) is 340 Å². The molecule has 0 radical (unpaired) electrons. The summed E-state index contributed by atoms with van der Waals surface area (Å²) in [5.74, 6) is 19.4. The van der Waals surface area contributed by atoms with E-state index in [9.17, 15) is 35.7 Å². The lowest BCUT2D eigenvalue weighted by atomic mass is 9.51. The highest BCUT2D eigenvalue weighted by molar-refractivity contribution is 9.09. The molecule has 0 heterocycles. The summed E-state index contributed by atoms with van der Waals surface area (Å²) in [6.45, 7) is 42.2. The summed E-state index contributed by atoms with van der Waals surface area (Å²) >= 11 is 7.32. The van der Waals surface area contributed by atoms with Gasteiger partial charge in [0.25, 0.3) is 0 Å². The van der Waals surface area contributed by atoms with E-state index in [1.165, 1.54) is 196 Å². The maximum absolute atomic E-state index is 10.8. The molecule has 15 saturated carbocycles. The second-order valence-electron chi connectivity index (χ2n) is 49.3. The molecule has 20 aliphatic rings. The van der Waals surface area contributed by atoms with Crippen molar-refractivity contribution in [3.8, 4) is 0 Å². The first kappa shape index (κ1) is 96.1. The van der Waals surface area contributed by atoms with Gasteiger partial charge in [0.15, 0.2) is 0 Å². The molecule has 700 valence electrons. The Morgan fingerprint density at radius 3 is 0.760 bits per heavy atom. The molecule has 12 heteroatoms. The molecule has 35 atom stereocenters. The van der Waals surface area contributed by atoms with E-state index in [-0.39, 0.29) is 13.2 Å². The summed E-state index contributed by atoms with van der Waals surface area (Å²) in [5.41, 5.74) is 13.4. The van der Waals surface area contributed by atoms with E-state index < -0.39 is 28.0 Å². The number of hydrogen-bond donors (Lipinski definition) is 7. The van der Waals surface area contributed by atoms with Crippen LogP contribution in [0.15, 0.2) is 119 Å². The Morgan fingerprint density at radius 2 is 0.528 bits per heavy atom. The van der Waals surface area contributed by atoms with Gasteiger partial charge >= 0.3 is 0 Å². The summed E-state index contributed by atoms with van der Waals surface area (Å²) < 4.78 is 15.9. The molecule has 0 amide bonds. The van der Waals surface area contributed by atoms with Crippen molar-refractivity contribution in [2.75, 3.05) is 65.0 Å². The van der Waals surface area contributed by atoms with Crippen LogP contribution in [0.4, 0.5) is 0 Å². The third-order valence-electron chi connectivity index (χ3n) is 42.8. The summed E-state index contributed by atoms with van der Waals surface area (Å²) in [4.78, 5) is 0. The third-order valence-corrected chi connectivity index (χ3v) is 44.2. The van der Waals surface area contributed by atoms with Gasteiger partial charge < -0.3 is 50.0 Å². The number of ether oxygens (including phenoxy) is 3. The topological polar surface area (TPSA) is 169 Å². The van der Waals surface area contributed by atoms with E-state index in [2.05, 4.69) is 137 Å². The van der Waals surface area contributed by atoms with E-state index >= 15 is 0 Å². The second-order valence-corrected chi connectivity index (χ2v) is 50.4. The van der Waals surface area contributed by atoms with Crippen LogP contribution in [0.5, 0.6) is 0 Å². The molecular weight excluding hydrogens is 1680 g/mol. The molecule has 10 nitrogen and oxygen atoms in total. The molecule has 0 aromatic rings. The molecule has 7 N–H and O–H groups in total. The van der Waals surface area contributed by atoms with Gasteiger partial charge in [-0.05, 0) is 464 Å². The highest BCUT2D eigenvalue weighted by Gasteiger charge is 2.64. The fourth-order valence-corrected chi connectivity index (χ4v) is 37.9. The SMILES string of the molecule is C=C(C)[C@H]1CC[C@H]2[C@@H]3CC=C4C[C@@](O)(COC)CC[C@@H]4[C@H]3CC[C@]12C.C=C(CBr)[C@H]1CC[C@H]2[C@@H]3CC=C4C[C@@](O)(COC)CC[C@@H]4[C@H]3CC[C@]12C.C=C(CBr)[C@H]1CC[C@H]2[C@@H]3CC=C4C[C@](C)(O)CC[C@@H]4[C@H]3CC[C@]12C.C=C(CO)[C@H]1CC[C@H]2[C@@H]3CC=C4C[C@@](O)(COC)CC[C@@H]4[C@H]3CC[C@]12C.C=C(CO)[C@H]1CC[C@H]2[C@@H]3CC=C4C[C@](C)(O)CC[C@@H]4[C@H]3CC[C@]12C. The van der Waals surface area contributed by atoms with Gasteiger partial charge in [-0.2, -0.15) is 0 Å². The van der Waals surface area contributed by atoms with Gasteiger partial charge in [-0.15, -0.1) is 0 Å². The van der Waals surface area contributed by atoms with E-state index in [1.54, 1.807) is 43.6 Å². The average Bonchev–Trinajstić information content (AvgIpc) is 1.66. The first-order chi connectivity index (χ1) is 59.4. The smallest absolute Gasteiger partial charge is 0.0917 e. The molecule has 0 aromatic carbocycles. The number of halogens is 2. The Hall–Kier alpha value is -2.04. The molecule has 0 aromatic heterocycles. The molecule has 15 fully saturated rings. The van der Waals surface area contributed by atoms with Crippen molar-refractivity contribution in [1.82, 2.24) is 0 Å². The van der Waals surface area contributed by atoms with Crippen LogP contribution in [-0.2, 0) is 14.2 Å². The van der Waals surface area contributed by atoms with Crippen LogP contribution in [0.25, 0.3) is 0 Å². The maximum Gasteiger partial charge on any atom is 0.0917 e. The van der Waals surface area contributed by atoms with Crippen LogP contribution in [0.3, 0.4) is 0 Å². The minimum absolute atomic E-state index is 0.145. The Balaban J connectivity index is 0.000000115. The van der Waals surface area contributed by atoms with Crippen molar-refractivity contribution >= 4 is 31.9 Å². The zero-order valence-electron chi connectivity index (χ0n) is 80.2. The fourth-order valence-electron chi connectivity index (χ4n) is 37.1. The van der Waals surface area contributed by atoms with Crippen molar-refractivity contribution < 1.29 is 50.0 Å². The molecule has 0 spiro atoms. The molecule has 0 saturated heterocycles. The molecule has 0 bridgehead atoms. The maximum atomic E-state index is 10.8. The largest absolute Gasteiger partial charge is 0.392 e. The number of aliphatic hydroxyl groups excluding tert-OH is 2. The van der Waals surface area contributed by atoms with Crippen LogP contribution in [0.2, 0.25) is 0 Å². The number of rotatable bonds is 15. The number of alkyl halides is 2. The van der Waals surface area contributed by atoms with E-state index in [4.69, 9.17) is 14.2 Å². The van der Waals surface area contributed by atoms with Crippen molar-refractivity contribution in [1.29, 1.82) is 0 Å². The van der Waals surface area contributed by atoms with Gasteiger partial charge in [0.1, 0.15) is 0 Å². The van der Waals surface area contributed by atoms with Gasteiger partial charge in [0.2, 0.25) is 0 Å². The molecular formula is C113H174Br2O10. The predicted molar refractivity (Wildman–Crippen MR) is 518 cm³/mol. The standard InChI is InChI=1S/C23H35BrO2.C23H36O3.C23H36O2.C22H33BrO.C22H34O2/c2*1-15(13-24)20-6-7-21-19-5-4-16-12-23(25,14-26-3)11-9-17(16)18(19)8-10-22(20,21)2;1-15(2)20-7-8-21-19-6-5-16-13-23(24,14-25-4)12-10-17(16)18(19)9-11-22(20,21)3;2*1-14(13-23)19-6-7-20-18-5-4-15-12-21(2,24)10-8-16(15)17(18)9-11-22(19,20)3/h4,17-21,25H,1,5-14H2,2-3H3;4,17-21,24-25H,1,5-14H2,2-3H3;5,17-21,24H,1,6-14H2,2-4H3;4,16-20,24H,1,5-13H2,2-3H3;4,16-20,23-24H,1,5-13H2,2-3H3/t3*17-,18+,19+,20+,21-,22+,23+;2*16-,17+,18+,19+,20-,21+,22+/m00000/s1. The second kappa shape index (κ2) is 37.6. The van der Waals surface area contributed by atoms with Crippen molar-refractivity contribution in [3.63, 3.8) is 0 Å². The highest BCUT2D eigenvalue weighted by Crippen LogP contribution is 2.72. The monoisotopic (exact) mass is 1850 g/mol. The van der Waals surface area contributed by atoms with Gasteiger partial charge in [0, 0.05) is 32.0 Å². The van der Waals surface area contributed by atoms with E-state index in [0.29, 0.717) is 76.5 Å². The minimum atomic E-state index is -0.648. The molecule has 125 heavy (non-hydrogen) atoms. The first-order valence-corrected chi connectivity index (χ1v) is 53.9. The van der Waals surface area contributed by atoms with Crippen LogP contribution >= 0.6 is 31.9 Å². The molecule has 20 rings (SSSR count). The Labute approximate surface area is 775 Å². The van der Waals surface area contributed by atoms with Crippen LogP contribution in [0.1, 0.15) is 312 Å². The van der Waals surface area contributed by atoms with E-state index in [1.807, 2.05) is 13.8 Å². The number of allylic oxidation sites excluding steroid dienone is 8. The third kappa shape index (κ3) is 17.9. The van der Waals surface area contributed by atoms with Crippen molar-refractivity contribution in [3.05, 3.63) is 119 Å². The predicted octanol–water partition coefficient (Wildman–Crippen LogP) is 25.1. The lowest BCUT2D eigenvalue weighted by Gasteiger charge is -2.54. The number of hydrogen-bond acceptors (Lipinski definition) is 10. The van der Waals surface area contributed by atoms with Crippen LogP contribution < -0.4 is 0 Å². The fraction of sp³-hybridized carbons (Fsp3) is 0.823. The van der Waals surface area contributed by atoms with Gasteiger partial charge in [0.05, 0.1) is 61.0 Å². The zero-order chi connectivity index (χ0) is 89.1. The van der Waals surface area contributed by atoms with Crippen LogP contribution in [0, 0.1) is 175 Å².